The maximum atomic E-state index is 11.4. The van der Waals surface area contributed by atoms with Crippen LogP contribution in [0.5, 0.6) is 0 Å². The van der Waals surface area contributed by atoms with E-state index in [0.717, 1.165) is 18.3 Å². The third-order valence-electron chi connectivity index (χ3n) is 6.39. The van der Waals surface area contributed by atoms with Gasteiger partial charge in [-0.05, 0) is 42.9 Å². The molecule has 3 rings (SSSR count). The van der Waals surface area contributed by atoms with Gasteiger partial charge in [-0.3, -0.25) is 4.79 Å². The minimum atomic E-state index is -0.130. The van der Waals surface area contributed by atoms with Crippen LogP contribution in [0.25, 0.3) is 0 Å². The molecule has 3 aliphatic rings. The summed E-state index contributed by atoms with van der Waals surface area (Å²) in [5.41, 5.74) is 2.17. The smallest absolute Gasteiger partial charge is 0.302 e. The van der Waals surface area contributed by atoms with Crippen molar-refractivity contribution in [3.05, 3.63) is 11.6 Å². The molecule has 5 atom stereocenters. The first-order valence-corrected chi connectivity index (χ1v) is 7.62. The number of allylic oxidation sites excluding steroid dienone is 1. The molecule has 0 aromatic carbocycles. The second-order valence-corrected chi connectivity index (χ2v) is 7.76. The fourth-order valence-corrected chi connectivity index (χ4v) is 5.27. The number of rotatable bonds is 1. The summed E-state index contributed by atoms with van der Waals surface area (Å²) in [5, 5.41) is 0. The molecule has 0 bridgehead atoms. The largest absolute Gasteiger partial charge is 0.462 e. The molecule has 0 amide bonds. The van der Waals surface area contributed by atoms with Gasteiger partial charge in [-0.15, -0.1) is 0 Å². The zero-order valence-electron chi connectivity index (χ0n) is 12.8. The van der Waals surface area contributed by atoms with Gasteiger partial charge in [0.25, 0.3) is 0 Å². The first-order valence-electron chi connectivity index (χ1n) is 7.62. The number of fused-ring (bicyclic) bond motifs is 3. The summed E-state index contributed by atoms with van der Waals surface area (Å²) >= 11 is 0. The molecule has 2 saturated carbocycles. The summed E-state index contributed by atoms with van der Waals surface area (Å²) < 4.78 is 5.66. The molecule has 0 aliphatic heterocycles. The zero-order chi connectivity index (χ0) is 14.0. The Bertz CT molecular complexity index is 448. The Balaban J connectivity index is 1.95. The highest BCUT2D eigenvalue weighted by molar-refractivity contribution is 5.66. The van der Waals surface area contributed by atoms with E-state index in [1.807, 2.05) is 0 Å². The minimum absolute atomic E-state index is 0.0797. The van der Waals surface area contributed by atoms with Gasteiger partial charge in [0.1, 0.15) is 6.10 Å². The molecular weight excluding hydrogens is 236 g/mol. The fourth-order valence-electron chi connectivity index (χ4n) is 5.27. The van der Waals surface area contributed by atoms with E-state index in [-0.39, 0.29) is 17.5 Å². The normalized spacial score (nSPS) is 46.7. The van der Waals surface area contributed by atoms with E-state index in [0.29, 0.717) is 11.3 Å². The number of carbonyl (C=O) groups is 1. The van der Waals surface area contributed by atoms with Gasteiger partial charge in [0, 0.05) is 18.8 Å². The van der Waals surface area contributed by atoms with Gasteiger partial charge in [0.15, 0.2) is 0 Å². The van der Waals surface area contributed by atoms with E-state index in [9.17, 15) is 4.79 Å². The Morgan fingerprint density at radius 3 is 2.68 bits per heavy atom. The summed E-state index contributed by atoms with van der Waals surface area (Å²) in [4.78, 5) is 11.4. The van der Waals surface area contributed by atoms with E-state index in [4.69, 9.17) is 4.74 Å². The molecule has 0 heterocycles. The van der Waals surface area contributed by atoms with Gasteiger partial charge < -0.3 is 4.74 Å². The molecule has 0 radical (unpaired) electrons. The van der Waals surface area contributed by atoms with Crippen molar-refractivity contribution in [1.29, 1.82) is 0 Å². The summed E-state index contributed by atoms with van der Waals surface area (Å²) in [6.45, 7) is 11.0. The van der Waals surface area contributed by atoms with Crippen LogP contribution >= 0.6 is 0 Å². The average Bonchev–Trinajstić information content (AvgIpc) is 2.85. The highest BCUT2D eigenvalue weighted by Gasteiger charge is 2.68. The van der Waals surface area contributed by atoms with Gasteiger partial charge in [0.2, 0.25) is 0 Å². The van der Waals surface area contributed by atoms with Gasteiger partial charge in [-0.2, -0.15) is 0 Å². The van der Waals surface area contributed by atoms with Gasteiger partial charge in [0.05, 0.1) is 0 Å². The third-order valence-corrected chi connectivity index (χ3v) is 6.39. The van der Waals surface area contributed by atoms with Crippen molar-refractivity contribution in [2.45, 2.75) is 60.0 Å². The maximum absolute atomic E-state index is 11.4. The van der Waals surface area contributed by atoms with Crippen molar-refractivity contribution in [1.82, 2.24) is 0 Å². The van der Waals surface area contributed by atoms with E-state index in [2.05, 4.69) is 33.8 Å². The SMILES string of the molecule is CC(=O)O[C@H]1CC=C(C)[C@@H]2[C@@H]3[C@H](CC[C@@]12C)C3(C)C. The lowest BCUT2D eigenvalue weighted by Gasteiger charge is -2.49. The molecule has 2 nitrogen and oxygen atoms in total. The molecule has 0 aromatic heterocycles. The molecule has 0 unspecified atom stereocenters. The Hall–Kier alpha value is -0.790. The van der Waals surface area contributed by atoms with Crippen LogP contribution < -0.4 is 0 Å². The van der Waals surface area contributed by atoms with Crippen LogP contribution in [-0.4, -0.2) is 12.1 Å². The minimum Gasteiger partial charge on any atom is -0.462 e. The topological polar surface area (TPSA) is 26.3 Å². The average molecular weight is 262 g/mol. The Morgan fingerprint density at radius 2 is 2.05 bits per heavy atom. The molecular formula is C17H26O2. The Labute approximate surface area is 116 Å². The summed E-state index contributed by atoms with van der Waals surface area (Å²) in [6.07, 6.45) is 5.80. The lowest BCUT2D eigenvalue weighted by Crippen LogP contribution is -2.47. The van der Waals surface area contributed by atoms with E-state index in [1.54, 1.807) is 0 Å². The van der Waals surface area contributed by atoms with Crippen molar-refractivity contribution >= 4 is 5.97 Å². The summed E-state index contributed by atoms with van der Waals surface area (Å²) in [7, 11) is 0. The monoisotopic (exact) mass is 262 g/mol. The standard InChI is InChI=1S/C17H26O2/c1-10-6-7-13(19-11(2)18)17(5)9-8-12-15(14(10)17)16(12,3)4/h6,12-15H,7-9H2,1-5H3/t12-,13-,14+,15-,17-/m0/s1. The number of hydrogen-bond acceptors (Lipinski definition) is 2. The first-order chi connectivity index (χ1) is 8.78. The first kappa shape index (κ1) is 13.2. The molecule has 0 N–H and O–H groups in total. The number of hydrogen-bond donors (Lipinski definition) is 0. The quantitative estimate of drug-likeness (QED) is 0.528. The second kappa shape index (κ2) is 3.86. The summed E-state index contributed by atoms with van der Waals surface area (Å²) in [5.74, 6) is 2.15. The number of esters is 1. The molecule has 106 valence electrons. The predicted octanol–water partition coefficient (Wildman–Crippen LogP) is 3.96. The van der Waals surface area contributed by atoms with Crippen LogP contribution in [0.2, 0.25) is 0 Å². The summed E-state index contributed by atoms with van der Waals surface area (Å²) in [6, 6.07) is 0. The van der Waals surface area contributed by atoms with E-state index in [1.165, 1.54) is 25.3 Å². The number of ether oxygens (including phenoxy) is 1. The van der Waals surface area contributed by atoms with E-state index >= 15 is 0 Å². The molecule has 0 saturated heterocycles. The molecule has 0 spiro atoms. The van der Waals surface area contributed by atoms with Gasteiger partial charge in [-0.25, -0.2) is 0 Å². The van der Waals surface area contributed by atoms with Crippen LogP contribution in [0.4, 0.5) is 0 Å². The van der Waals surface area contributed by atoms with Crippen molar-refractivity contribution in [2.75, 3.05) is 0 Å². The Morgan fingerprint density at radius 1 is 1.37 bits per heavy atom. The molecule has 2 heteroatoms. The van der Waals surface area contributed by atoms with Crippen molar-refractivity contribution in [2.24, 2.45) is 28.6 Å². The highest BCUT2D eigenvalue weighted by Crippen LogP contribution is 2.73. The van der Waals surface area contributed by atoms with Crippen LogP contribution in [-0.2, 0) is 9.53 Å². The van der Waals surface area contributed by atoms with Crippen LogP contribution in [0.15, 0.2) is 11.6 Å². The zero-order valence-corrected chi connectivity index (χ0v) is 12.8. The highest BCUT2D eigenvalue weighted by atomic mass is 16.5. The van der Waals surface area contributed by atoms with Gasteiger partial charge in [-0.1, -0.05) is 32.4 Å². The van der Waals surface area contributed by atoms with Crippen LogP contribution in [0, 0.1) is 28.6 Å². The second-order valence-electron chi connectivity index (χ2n) is 7.76. The lowest BCUT2D eigenvalue weighted by molar-refractivity contribution is -0.158. The molecule has 2 fully saturated rings. The van der Waals surface area contributed by atoms with Crippen molar-refractivity contribution < 1.29 is 9.53 Å². The fraction of sp³-hybridized carbons (Fsp3) is 0.824. The van der Waals surface area contributed by atoms with Gasteiger partial charge >= 0.3 is 5.97 Å². The maximum Gasteiger partial charge on any atom is 0.302 e. The van der Waals surface area contributed by atoms with Crippen molar-refractivity contribution in [3.8, 4) is 0 Å². The number of carbonyl (C=O) groups excluding carboxylic acids is 1. The lowest BCUT2D eigenvalue weighted by atomic mass is 9.58. The third kappa shape index (κ3) is 1.71. The molecule has 19 heavy (non-hydrogen) atoms. The Kier molecular flexibility index (Phi) is 2.69. The van der Waals surface area contributed by atoms with E-state index < -0.39 is 0 Å². The predicted molar refractivity (Wildman–Crippen MR) is 75.5 cm³/mol. The molecule has 0 aromatic rings. The van der Waals surface area contributed by atoms with Crippen LogP contribution in [0.1, 0.15) is 53.9 Å². The van der Waals surface area contributed by atoms with Crippen molar-refractivity contribution in [3.63, 3.8) is 0 Å². The molecule has 3 aliphatic carbocycles. The van der Waals surface area contributed by atoms with Crippen LogP contribution in [0.3, 0.4) is 0 Å².